The van der Waals surface area contributed by atoms with Gasteiger partial charge >= 0.3 is 0 Å². The number of rotatable bonds is 2. The van der Waals surface area contributed by atoms with E-state index in [-0.39, 0.29) is 11.2 Å². The predicted octanol–water partition coefficient (Wildman–Crippen LogP) is 3.26. The van der Waals surface area contributed by atoms with Crippen LogP contribution in [0, 0.1) is 11.2 Å². The molecule has 0 radical (unpaired) electrons. The molecule has 1 fully saturated rings. The minimum Gasteiger partial charge on any atom is -0.389 e. The molecule has 1 saturated heterocycles. The summed E-state index contributed by atoms with van der Waals surface area (Å²) >= 11 is 1.76. The van der Waals surface area contributed by atoms with Gasteiger partial charge < -0.3 is 5.11 Å². The van der Waals surface area contributed by atoms with Crippen LogP contribution in [0.2, 0.25) is 0 Å². The van der Waals surface area contributed by atoms with Crippen molar-refractivity contribution >= 4 is 11.8 Å². The van der Waals surface area contributed by atoms with Gasteiger partial charge in [0.25, 0.3) is 0 Å². The molecule has 1 atom stereocenters. The van der Waals surface area contributed by atoms with E-state index in [0.29, 0.717) is 17.7 Å². The fourth-order valence-electron chi connectivity index (χ4n) is 2.62. The molecule has 0 spiro atoms. The number of benzene rings is 1. The first kappa shape index (κ1) is 12.9. The molecule has 0 bridgehead atoms. The first-order chi connectivity index (χ1) is 7.90. The Morgan fingerprint density at radius 3 is 2.65 bits per heavy atom. The van der Waals surface area contributed by atoms with Crippen LogP contribution in [-0.4, -0.2) is 22.2 Å². The molecule has 17 heavy (non-hydrogen) atoms. The van der Waals surface area contributed by atoms with E-state index in [0.717, 1.165) is 12.2 Å². The van der Waals surface area contributed by atoms with Crippen molar-refractivity contribution in [1.29, 1.82) is 0 Å². The number of aliphatic hydroxyl groups is 1. The third-order valence-electron chi connectivity index (χ3n) is 3.15. The Kier molecular flexibility index (Phi) is 3.50. The highest BCUT2D eigenvalue weighted by atomic mass is 32.2. The van der Waals surface area contributed by atoms with E-state index in [2.05, 4.69) is 13.8 Å². The lowest BCUT2D eigenvalue weighted by Gasteiger charge is -2.41. The van der Waals surface area contributed by atoms with Crippen LogP contribution in [0.3, 0.4) is 0 Å². The van der Waals surface area contributed by atoms with Gasteiger partial charge in [-0.3, -0.25) is 0 Å². The lowest BCUT2D eigenvalue weighted by molar-refractivity contribution is 0.0193. The molecule has 2 rings (SSSR count). The number of hydrogen-bond acceptors (Lipinski definition) is 2. The molecule has 3 heteroatoms. The Morgan fingerprint density at radius 2 is 2.00 bits per heavy atom. The smallest absolute Gasteiger partial charge is 0.126 e. The second-order valence-electron chi connectivity index (χ2n) is 5.83. The monoisotopic (exact) mass is 254 g/mol. The normalized spacial score (nSPS) is 28.0. The van der Waals surface area contributed by atoms with Crippen LogP contribution in [0.25, 0.3) is 0 Å². The van der Waals surface area contributed by atoms with Crippen molar-refractivity contribution in [2.24, 2.45) is 5.41 Å². The van der Waals surface area contributed by atoms with Crippen molar-refractivity contribution in [2.45, 2.75) is 32.3 Å². The van der Waals surface area contributed by atoms with Gasteiger partial charge in [-0.05, 0) is 29.2 Å². The molecule has 1 unspecified atom stereocenters. The Balaban J connectivity index is 2.15. The first-order valence-corrected chi connectivity index (χ1v) is 7.09. The molecule has 1 aromatic carbocycles. The topological polar surface area (TPSA) is 20.2 Å². The van der Waals surface area contributed by atoms with Crippen LogP contribution in [0.5, 0.6) is 0 Å². The van der Waals surface area contributed by atoms with Crippen molar-refractivity contribution in [3.8, 4) is 0 Å². The standard InChI is InChI=1S/C14H19FOS/c1-13(2)8-14(16,10-17-9-13)7-11-5-3-4-6-12(11)15/h3-6,16H,7-10H2,1-2H3. The first-order valence-electron chi connectivity index (χ1n) is 5.94. The van der Waals surface area contributed by atoms with Gasteiger partial charge in [0, 0.05) is 12.2 Å². The van der Waals surface area contributed by atoms with Crippen molar-refractivity contribution < 1.29 is 9.50 Å². The average Bonchev–Trinajstić information content (AvgIpc) is 2.19. The zero-order chi connectivity index (χ0) is 12.5. The molecule has 0 aliphatic carbocycles. The second kappa shape index (κ2) is 4.62. The molecule has 1 aliphatic rings. The molecule has 1 N–H and O–H groups in total. The Bertz CT molecular complexity index is 405. The summed E-state index contributed by atoms with van der Waals surface area (Å²) in [5, 5.41) is 10.6. The van der Waals surface area contributed by atoms with Gasteiger partial charge in [-0.1, -0.05) is 32.0 Å². The van der Waals surface area contributed by atoms with Crippen LogP contribution in [-0.2, 0) is 6.42 Å². The molecule has 1 nitrogen and oxygen atoms in total. The zero-order valence-electron chi connectivity index (χ0n) is 10.4. The molecule has 1 heterocycles. The van der Waals surface area contributed by atoms with Crippen molar-refractivity contribution in [3.63, 3.8) is 0 Å². The van der Waals surface area contributed by atoms with Gasteiger partial charge in [0.15, 0.2) is 0 Å². The number of halogens is 1. The minimum absolute atomic E-state index is 0.128. The van der Waals surface area contributed by atoms with Crippen molar-refractivity contribution in [2.75, 3.05) is 11.5 Å². The summed E-state index contributed by atoms with van der Waals surface area (Å²) in [5.41, 5.74) is -0.0225. The van der Waals surface area contributed by atoms with Crippen molar-refractivity contribution in [1.82, 2.24) is 0 Å². The third-order valence-corrected chi connectivity index (χ3v) is 4.88. The molecular formula is C14H19FOS. The van der Waals surface area contributed by atoms with E-state index in [1.165, 1.54) is 6.07 Å². The van der Waals surface area contributed by atoms with E-state index in [1.807, 2.05) is 6.07 Å². The molecule has 1 aromatic rings. The van der Waals surface area contributed by atoms with Gasteiger partial charge in [0.1, 0.15) is 5.82 Å². The van der Waals surface area contributed by atoms with Crippen LogP contribution in [0.1, 0.15) is 25.8 Å². The quantitative estimate of drug-likeness (QED) is 0.874. The highest BCUT2D eigenvalue weighted by Crippen LogP contribution is 2.40. The highest BCUT2D eigenvalue weighted by Gasteiger charge is 2.39. The van der Waals surface area contributed by atoms with E-state index in [9.17, 15) is 9.50 Å². The molecule has 1 aliphatic heterocycles. The van der Waals surface area contributed by atoms with E-state index < -0.39 is 5.60 Å². The zero-order valence-corrected chi connectivity index (χ0v) is 11.2. The second-order valence-corrected chi connectivity index (χ2v) is 6.81. The van der Waals surface area contributed by atoms with Crippen LogP contribution in [0.4, 0.5) is 4.39 Å². The lowest BCUT2D eigenvalue weighted by atomic mass is 9.79. The van der Waals surface area contributed by atoms with Gasteiger partial charge in [0.2, 0.25) is 0 Å². The molecule has 94 valence electrons. The van der Waals surface area contributed by atoms with Gasteiger partial charge in [0.05, 0.1) is 5.60 Å². The summed E-state index contributed by atoms with van der Waals surface area (Å²) in [4.78, 5) is 0. The third kappa shape index (κ3) is 3.23. The largest absolute Gasteiger partial charge is 0.389 e. The number of hydrogen-bond donors (Lipinski definition) is 1. The maximum atomic E-state index is 13.6. The lowest BCUT2D eigenvalue weighted by Crippen LogP contribution is -2.44. The summed E-state index contributed by atoms with van der Waals surface area (Å²) in [7, 11) is 0. The average molecular weight is 254 g/mol. The summed E-state index contributed by atoms with van der Waals surface area (Å²) in [6.45, 7) is 4.32. The highest BCUT2D eigenvalue weighted by molar-refractivity contribution is 7.99. The maximum Gasteiger partial charge on any atom is 0.126 e. The maximum absolute atomic E-state index is 13.6. The van der Waals surface area contributed by atoms with Crippen LogP contribution < -0.4 is 0 Å². The van der Waals surface area contributed by atoms with E-state index in [1.54, 1.807) is 23.9 Å². The van der Waals surface area contributed by atoms with Crippen LogP contribution in [0.15, 0.2) is 24.3 Å². The van der Waals surface area contributed by atoms with Crippen molar-refractivity contribution in [3.05, 3.63) is 35.6 Å². The SMILES string of the molecule is CC1(C)CSCC(O)(Cc2ccccc2F)C1. The molecule has 0 aromatic heterocycles. The summed E-state index contributed by atoms with van der Waals surface area (Å²) in [5.74, 6) is 1.55. The fraction of sp³-hybridized carbons (Fsp3) is 0.571. The minimum atomic E-state index is -0.769. The van der Waals surface area contributed by atoms with Gasteiger partial charge in [-0.25, -0.2) is 4.39 Å². The Morgan fingerprint density at radius 1 is 1.29 bits per heavy atom. The molecule has 0 amide bonds. The fourth-order valence-corrected chi connectivity index (χ4v) is 3.96. The van der Waals surface area contributed by atoms with Crippen LogP contribution >= 0.6 is 11.8 Å². The molecule has 0 saturated carbocycles. The summed E-state index contributed by atoms with van der Waals surface area (Å²) in [6.07, 6.45) is 1.15. The van der Waals surface area contributed by atoms with E-state index >= 15 is 0 Å². The Labute approximate surface area is 106 Å². The summed E-state index contributed by atoms with van der Waals surface area (Å²) < 4.78 is 13.6. The Hall–Kier alpha value is -0.540. The molecular weight excluding hydrogens is 235 g/mol. The van der Waals surface area contributed by atoms with Gasteiger partial charge in [-0.2, -0.15) is 11.8 Å². The summed E-state index contributed by atoms with van der Waals surface area (Å²) in [6, 6.07) is 6.73. The predicted molar refractivity (Wildman–Crippen MR) is 70.8 cm³/mol. The van der Waals surface area contributed by atoms with Gasteiger partial charge in [-0.15, -0.1) is 0 Å². The number of thioether (sulfide) groups is 1. The van der Waals surface area contributed by atoms with E-state index in [4.69, 9.17) is 0 Å².